The summed E-state index contributed by atoms with van der Waals surface area (Å²) in [4.78, 5) is 25.8. The minimum atomic E-state index is -0.295. The Balaban J connectivity index is 1.52. The normalized spacial score (nSPS) is 15.6. The zero-order chi connectivity index (χ0) is 18.4. The molecule has 1 unspecified atom stereocenters. The van der Waals surface area contributed by atoms with Crippen LogP contribution in [0.5, 0.6) is 0 Å². The van der Waals surface area contributed by atoms with Crippen LogP contribution >= 0.6 is 0 Å². The number of rotatable bonds is 6. The predicted molar refractivity (Wildman–Crippen MR) is 99.9 cm³/mol. The standard InChI is InChI=1S/C19H25N5O2/c1-15(16-7-3-2-4-8-16)24-17(10-11-21-24)22-19(26)20-12-14-23-13-6-5-9-18(23)25/h2-4,7-8,10-11,15H,5-6,9,12-14H2,1H3,(H2,20,22,26). The summed E-state index contributed by atoms with van der Waals surface area (Å²) in [5.41, 5.74) is 1.11. The lowest BCUT2D eigenvalue weighted by Gasteiger charge is -2.26. The molecule has 1 fully saturated rings. The monoisotopic (exact) mass is 355 g/mol. The summed E-state index contributed by atoms with van der Waals surface area (Å²) < 4.78 is 1.78. The average molecular weight is 355 g/mol. The summed E-state index contributed by atoms with van der Waals surface area (Å²) in [6, 6.07) is 11.5. The van der Waals surface area contributed by atoms with Gasteiger partial charge in [0.25, 0.3) is 0 Å². The van der Waals surface area contributed by atoms with Crippen LogP contribution in [-0.2, 0) is 4.79 Å². The van der Waals surface area contributed by atoms with E-state index in [1.54, 1.807) is 16.9 Å². The van der Waals surface area contributed by atoms with Gasteiger partial charge >= 0.3 is 6.03 Å². The van der Waals surface area contributed by atoms with E-state index in [9.17, 15) is 9.59 Å². The first-order valence-electron chi connectivity index (χ1n) is 9.06. The molecule has 0 bridgehead atoms. The maximum atomic E-state index is 12.2. The van der Waals surface area contributed by atoms with Crippen molar-refractivity contribution in [1.82, 2.24) is 20.0 Å². The summed E-state index contributed by atoms with van der Waals surface area (Å²) in [7, 11) is 0. The highest BCUT2D eigenvalue weighted by atomic mass is 16.2. The molecule has 0 saturated carbocycles. The molecule has 26 heavy (non-hydrogen) atoms. The van der Waals surface area contributed by atoms with Gasteiger partial charge in [0.15, 0.2) is 0 Å². The number of carbonyl (C=O) groups is 2. The third kappa shape index (κ3) is 4.41. The molecule has 1 aliphatic rings. The van der Waals surface area contributed by atoms with E-state index >= 15 is 0 Å². The molecule has 3 amide bonds. The van der Waals surface area contributed by atoms with Gasteiger partial charge in [-0.05, 0) is 25.3 Å². The van der Waals surface area contributed by atoms with Crippen molar-refractivity contribution < 1.29 is 9.59 Å². The van der Waals surface area contributed by atoms with Crippen molar-refractivity contribution in [3.8, 4) is 0 Å². The number of piperidine rings is 1. The minimum absolute atomic E-state index is 0.00692. The van der Waals surface area contributed by atoms with Crippen LogP contribution in [-0.4, -0.2) is 46.3 Å². The van der Waals surface area contributed by atoms with Crippen molar-refractivity contribution in [3.63, 3.8) is 0 Å². The Hall–Kier alpha value is -2.83. The molecule has 1 aromatic heterocycles. The largest absolute Gasteiger partial charge is 0.341 e. The summed E-state index contributed by atoms with van der Waals surface area (Å²) in [5.74, 6) is 0.807. The highest BCUT2D eigenvalue weighted by molar-refractivity contribution is 5.88. The van der Waals surface area contributed by atoms with Crippen LogP contribution in [0.25, 0.3) is 0 Å². The summed E-state index contributed by atoms with van der Waals surface area (Å²) in [6.07, 6.45) is 4.28. The molecule has 0 aliphatic carbocycles. The van der Waals surface area contributed by atoms with E-state index in [1.807, 2.05) is 42.2 Å². The fraction of sp³-hybridized carbons (Fsp3) is 0.421. The van der Waals surface area contributed by atoms with E-state index < -0.39 is 0 Å². The SMILES string of the molecule is CC(c1ccccc1)n1nccc1NC(=O)NCCN1CCCCC1=O. The Kier molecular flexibility index (Phi) is 5.88. The lowest BCUT2D eigenvalue weighted by molar-refractivity contribution is -0.133. The number of likely N-dealkylation sites (tertiary alicyclic amines) is 1. The number of hydrogen-bond acceptors (Lipinski definition) is 3. The van der Waals surface area contributed by atoms with Crippen LogP contribution in [0.1, 0.15) is 37.8 Å². The molecule has 0 spiro atoms. The molecule has 7 heteroatoms. The molecule has 2 aromatic rings. The molecule has 3 rings (SSSR count). The first kappa shape index (κ1) is 18.0. The molecule has 1 aliphatic heterocycles. The van der Waals surface area contributed by atoms with E-state index in [1.165, 1.54) is 0 Å². The summed E-state index contributed by atoms with van der Waals surface area (Å²) in [5, 5.41) is 9.98. The lowest BCUT2D eigenvalue weighted by Crippen LogP contribution is -2.42. The van der Waals surface area contributed by atoms with Crippen LogP contribution in [0.4, 0.5) is 10.6 Å². The second-order valence-electron chi connectivity index (χ2n) is 6.47. The zero-order valence-corrected chi connectivity index (χ0v) is 15.0. The van der Waals surface area contributed by atoms with Gasteiger partial charge in [0, 0.05) is 32.1 Å². The smallest absolute Gasteiger partial charge is 0.320 e. The van der Waals surface area contributed by atoms with Crippen LogP contribution in [0.2, 0.25) is 0 Å². The van der Waals surface area contributed by atoms with Gasteiger partial charge in [-0.3, -0.25) is 10.1 Å². The minimum Gasteiger partial charge on any atom is -0.341 e. The van der Waals surface area contributed by atoms with E-state index in [4.69, 9.17) is 0 Å². The number of nitrogens with one attached hydrogen (secondary N) is 2. The van der Waals surface area contributed by atoms with Gasteiger partial charge in [0.2, 0.25) is 5.91 Å². The van der Waals surface area contributed by atoms with E-state index in [2.05, 4.69) is 15.7 Å². The molecule has 1 saturated heterocycles. The summed E-state index contributed by atoms with van der Waals surface area (Å²) >= 11 is 0. The number of anilines is 1. The second kappa shape index (κ2) is 8.51. The number of carbonyl (C=O) groups excluding carboxylic acids is 2. The van der Waals surface area contributed by atoms with Crippen molar-refractivity contribution in [2.45, 2.75) is 32.2 Å². The van der Waals surface area contributed by atoms with Gasteiger partial charge in [-0.25, -0.2) is 9.48 Å². The second-order valence-corrected chi connectivity index (χ2v) is 6.47. The van der Waals surface area contributed by atoms with Gasteiger partial charge in [0.1, 0.15) is 5.82 Å². The Bertz CT molecular complexity index is 743. The van der Waals surface area contributed by atoms with Gasteiger partial charge < -0.3 is 10.2 Å². The molecule has 1 aromatic carbocycles. The molecule has 7 nitrogen and oxygen atoms in total. The Morgan fingerprint density at radius 2 is 2.04 bits per heavy atom. The first-order valence-corrected chi connectivity index (χ1v) is 9.06. The fourth-order valence-corrected chi connectivity index (χ4v) is 3.16. The number of nitrogens with zero attached hydrogens (tertiary/aromatic N) is 3. The van der Waals surface area contributed by atoms with Crippen molar-refractivity contribution >= 4 is 17.8 Å². The van der Waals surface area contributed by atoms with Crippen molar-refractivity contribution in [2.24, 2.45) is 0 Å². The Morgan fingerprint density at radius 3 is 2.81 bits per heavy atom. The molecule has 2 heterocycles. The zero-order valence-electron chi connectivity index (χ0n) is 15.0. The number of hydrogen-bond donors (Lipinski definition) is 2. The molecular weight excluding hydrogens is 330 g/mol. The summed E-state index contributed by atoms with van der Waals surface area (Å²) in [6.45, 7) is 3.79. The van der Waals surface area contributed by atoms with Gasteiger partial charge in [-0.2, -0.15) is 5.10 Å². The van der Waals surface area contributed by atoms with Gasteiger partial charge in [0.05, 0.1) is 12.2 Å². The highest BCUT2D eigenvalue weighted by Crippen LogP contribution is 2.21. The Labute approximate surface area is 153 Å². The molecule has 2 N–H and O–H groups in total. The number of benzene rings is 1. The average Bonchev–Trinajstić information content (AvgIpc) is 3.11. The van der Waals surface area contributed by atoms with Crippen molar-refractivity contribution in [1.29, 1.82) is 0 Å². The number of urea groups is 1. The number of amides is 3. The molecule has 0 radical (unpaired) electrons. The molecule has 138 valence electrons. The van der Waals surface area contributed by atoms with E-state index in [0.29, 0.717) is 25.3 Å². The quantitative estimate of drug-likeness (QED) is 0.836. The van der Waals surface area contributed by atoms with Crippen LogP contribution in [0, 0.1) is 0 Å². The van der Waals surface area contributed by atoms with Gasteiger partial charge in [-0.15, -0.1) is 0 Å². The fourth-order valence-electron chi connectivity index (χ4n) is 3.16. The maximum Gasteiger partial charge on any atom is 0.320 e. The van der Waals surface area contributed by atoms with Crippen LogP contribution in [0.15, 0.2) is 42.6 Å². The first-order chi connectivity index (χ1) is 12.6. The maximum absolute atomic E-state index is 12.2. The van der Waals surface area contributed by atoms with Gasteiger partial charge in [-0.1, -0.05) is 30.3 Å². The highest BCUT2D eigenvalue weighted by Gasteiger charge is 2.18. The van der Waals surface area contributed by atoms with Crippen molar-refractivity contribution in [3.05, 3.63) is 48.2 Å². The van der Waals surface area contributed by atoms with Crippen LogP contribution < -0.4 is 10.6 Å². The van der Waals surface area contributed by atoms with Crippen molar-refractivity contribution in [2.75, 3.05) is 25.0 Å². The molecule has 1 atom stereocenters. The van der Waals surface area contributed by atoms with E-state index in [-0.39, 0.29) is 18.0 Å². The van der Waals surface area contributed by atoms with Crippen LogP contribution in [0.3, 0.4) is 0 Å². The third-order valence-corrected chi connectivity index (χ3v) is 4.65. The predicted octanol–water partition coefficient (Wildman–Crippen LogP) is 2.63. The van der Waals surface area contributed by atoms with E-state index in [0.717, 1.165) is 24.9 Å². The Morgan fingerprint density at radius 1 is 1.23 bits per heavy atom. The number of aromatic nitrogens is 2. The topological polar surface area (TPSA) is 79.3 Å². The molecular formula is C19H25N5O2. The third-order valence-electron chi connectivity index (χ3n) is 4.65. The lowest BCUT2D eigenvalue weighted by atomic mass is 10.1.